The minimum absolute atomic E-state index is 0.200. The van der Waals surface area contributed by atoms with Gasteiger partial charge < -0.3 is 20.3 Å². The zero-order valence-electron chi connectivity index (χ0n) is 9.28. The third-order valence-electron chi connectivity index (χ3n) is 3.51. The second kappa shape index (κ2) is 4.78. The van der Waals surface area contributed by atoms with Crippen LogP contribution >= 0.6 is 0 Å². The van der Waals surface area contributed by atoms with Crippen LogP contribution in [0, 0.1) is 0 Å². The second-order valence-corrected chi connectivity index (χ2v) is 4.96. The molecule has 2 fully saturated rings. The summed E-state index contributed by atoms with van der Waals surface area (Å²) < 4.78 is 10.9. The highest BCUT2D eigenvalue weighted by Gasteiger charge is 2.34. The topological polar surface area (TPSA) is 66.3 Å². The van der Waals surface area contributed by atoms with Crippen molar-refractivity contribution in [2.24, 2.45) is 0 Å². The summed E-state index contributed by atoms with van der Waals surface area (Å²) in [5.41, 5.74) is 3.43. The molecule has 4 N–H and O–H groups in total. The van der Waals surface area contributed by atoms with Gasteiger partial charge in [-0.1, -0.05) is 0 Å². The van der Waals surface area contributed by atoms with Crippen LogP contribution in [0.15, 0.2) is 0 Å². The van der Waals surface area contributed by atoms with E-state index in [4.69, 9.17) is 9.47 Å². The normalized spacial score (nSPS) is 42.0. The number of ether oxygens (including phenoxy) is 2. The Bertz CT molecular complexity index is 196. The van der Waals surface area contributed by atoms with Crippen molar-refractivity contribution in [3.8, 4) is 0 Å². The summed E-state index contributed by atoms with van der Waals surface area (Å²) in [6.07, 6.45) is 4.85. The number of quaternary nitrogens is 1. The van der Waals surface area contributed by atoms with Gasteiger partial charge in [0.15, 0.2) is 0 Å². The van der Waals surface area contributed by atoms with Gasteiger partial charge in [0.1, 0.15) is 0 Å². The zero-order chi connectivity index (χ0) is 10.7. The first kappa shape index (κ1) is 11.3. The fourth-order valence-electron chi connectivity index (χ4n) is 2.28. The minimum atomic E-state index is -0.600. The van der Waals surface area contributed by atoms with Gasteiger partial charge in [0.05, 0.1) is 31.0 Å². The maximum absolute atomic E-state index is 10.3. The summed E-state index contributed by atoms with van der Waals surface area (Å²) >= 11 is 0. The molecule has 2 rings (SSSR count). The van der Waals surface area contributed by atoms with E-state index in [9.17, 15) is 5.11 Å². The molecule has 88 valence electrons. The summed E-state index contributed by atoms with van der Waals surface area (Å²) in [5.74, 6) is 0. The lowest BCUT2D eigenvalue weighted by Gasteiger charge is -2.33. The quantitative estimate of drug-likeness (QED) is 0.681. The first-order chi connectivity index (χ1) is 7.18. The van der Waals surface area contributed by atoms with E-state index in [1.54, 1.807) is 0 Å². The van der Waals surface area contributed by atoms with E-state index in [0.717, 1.165) is 38.7 Å². The molecular formula is C11H22NO3+. The van der Waals surface area contributed by atoms with E-state index in [-0.39, 0.29) is 6.10 Å². The molecule has 1 aliphatic heterocycles. The lowest BCUT2D eigenvalue weighted by atomic mass is 9.83. The molecule has 0 aromatic carbocycles. The van der Waals surface area contributed by atoms with Gasteiger partial charge in [-0.05, 0) is 19.3 Å². The summed E-state index contributed by atoms with van der Waals surface area (Å²) in [7, 11) is 0. The van der Waals surface area contributed by atoms with Crippen molar-refractivity contribution in [2.75, 3.05) is 19.8 Å². The smallest absolute Gasteiger partial charge is 0.0884 e. The van der Waals surface area contributed by atoms with Gasteiger partial charge in [-0.2, -0.15) is 0 Å². The zero-order valence-corrected chi connectivity index (χ0v) is 9.28. The van der Waals surface area contributed by atoms with Crippen LogP contribution < -0.4 is 5.73 Å². The van der Waals surface area contributed by atoms with Gasteiger partial charge in [0.2, 0.25) is 0 Å². The Balaban J connectivity index is 1.72. The first-order valence-corrected chi connectivity index (χ1v) is 5.93. The molecule has 0 bridgehead atoms. The molecule has 0 radical (unpaired) electrons. The summed E-state index contributed by atoms with van der Waals surface area (Å²) in [6, 6.07) is 0.514. The van der Waals surface area contributed by atoms with E-state index in [0.29, 0.717) is 19.3 Å². The Kier molecular flexibility index (Phi) is 3.61. The average Bonchev–Trinajstić information content (AvgIpc) is 2.73. The average molecular weight is 216 g/mol. The molecule has 0 aromatic heterocycles. The highest BCUT2D eigenvalue weighted by molar-refractivity contribution is 4.85. The monoisotopic (exact) mass is 216 g/mol. The van der Waals surface area contributed by atoms with Crippen LogP contribution in [0.3, 0.4) is 0 Å². The molecule has 1 saturated carbocycles. The Labute approximate surface area is 90.7 Å². The highest BCUT2D eigenvalue weighted by atomic mass is 16.5. The largest absolute Gasteiger partial charge is 0.387 e. The Morgan fingerprint density at radius 2 is 2.07 bits per heavy atom. The molecule has 15 heavy (non-hydrogen) atoms. The van der Waals surface area contributed by atoms with E-state index in [1.165, 1.54) is 0 Å². The minimum Gasteiger partial charge on any atom is -0.387 e. The van der Waals surface area contributed by atoms with Crippen LogP contribution in [0.2, 0.25) is 0 Å². The summed E-state index contributed by atoms with van der Waals surface area (Å²) in [4.78, 5) is 0. The Hall–Kier alpha value is -0.160. The van der Waals surface area contributed by atoms with Gasteiger partial charge in [-0.15, -0.1) is 0 Å². The van der Waals surface area contributed by atoms with Crippen LogP contribution in [0.1, 0.15) is 32.1 Å². The van der Waals surface area contributed by atoms with E-state index < -0.39 is 5.60 Å². The highest BCUT2D eigenvalue weighted by Crippen LogP contribution is 2.28. The Morgan fingerprint density at radius 3 is 2.67 bits per heavy atom. The molecule has 1 atom stereocenters. The van der Waals surface area contributed by atoms with Crippen molar-refractivity contribution in [3.63, 3.8) is 0 Å². The molecule has 2 aliphatic rings. The molecule has 4 nitrogen and oxygen atoms in total. The molecule has 4 heteroatoms. The van der Waals surface area contributed by atoms with Crippen LogP contribution in [-0.2, 0) is 9.47 Å². The molecule has 0 unspecified atom stereocenters. The molecule has 1 heterocycles. The SMILES string of the molecule is [NH3+]C1CCC(O)(CO[C@H]2CCOC2)CC1. The van der Waals surface area contributed by atoms with Crippen molar-refractivity contribution in [3.05, 3.63) is 0 Å². The van der Waals surface area contributed by atoms with Gasteiger partial charge in [-0.25, -0.2) is 0 Å². The molecule has 0 amide bonds. The molecule has 0 aromatic rings. The van der Waals surface area contributed by atoms with Crippen LogP contribution in [0.5, 0.6) is 0 Å². The lowest BCUT2D eigenvalue weighted by Crippen LogP contribution is -2.63. The summed E-state index contributed by atoms with van der Waals surface area (Å²) in [5, 5.41) is 10.3. The van der Waals surface area contributed by atoms with Crippen molar-refractivity contribution < 1.29 is 20.3 Å². The predicted molar refractivity (Wildman–Crippen MR) is 55.3 cm³/mol. The first-order valence-electron chi connectivity index (χ1n) is 5.93. The molecule has 0 spiro atoms. The third kappa shape index (κ3) is 3.14. The number of hydrogen-bond acceptors (Lipinski definition) is 3. The fraction of sp³-hybridized carbons (Fsp3) is 1.00. The molecular weight excluding hydrogens is 194 g/mol. The summed E-state index contributed by atoms with van der Waals surface area (Å²) in [6.45, 7) is 1.95. The van der Waals surface area contributed by atoms with E-state index >= 15 is 0 Å². The second-order valence-electron chi connectivity index (χ2n) is 4.96. The molecule has 1 aliphatic carbocycles. The van der Waals surface area contributed by atoms with E-state index in [2.05, 4.69) is 5.73 Å². The van der Waals surface area contributed by atoms with Gasteiger partial charge in [-0.3, -0.25) is 0 Å². The Morgan fingerprint density at radius 1 is 1.33 bits per heavy atom. The maximum atomic E-state index is 10.3. The van der Waals surface area contributed by atoms with Crippen molar-refractivity contribution in [1.29, 1.82) is 0 Å². The van der Waals surface area contributed by atoms with Crippen molar-refractivity contribution >= 4 is 0 Å². The third-order valence-corrected chi connectivity index (χ3v) is 3.51. The number of aliphatic hydroxyl groups is 1. The lowest BCUT2D eigenvalue weighted by molar-refractivity contribution is -0.429. The van der Waals surface area contributed by atoms with Crippen LogP contribution in [-0.4, -0.2) is 42.7 Å². The number of hydrogen-bond donors (Lipinski definition) is 2. The van der Waals surface area contributed by atoms with Gasteiger partial charge >= 0.3 is 0 Å². The molecule has 1 saturated heterocycles. The van der Waals surface area contributed by atoms with Crippen molar-refractivity contribution in [1.82, 2.24) is 0 Å². The van der Waals surface area contributed by atoms with Crippen LogP contribution in [0.25, 0.3) is 0 Å². The van der Waals surface area contributed by atoms with Crippen LogP contribution in [0.4, 0.5) is 0 Å². The standard InChI is InChI=1S/C11H21NO3/c12-9-1-4-11(13,5-2-9)8-15-10-3-6-14-7-10/h9-10,13H,1-8,12H2/p+1/t9?,10-,11?/m0/s1. The van der Waals surface area contributed by atoms with Gasteiger partial charge in [0.25, 0.3) is 0 Å². The number of rotatable bonds is 3. The van der Waals surface area contributed by atoms with E-state index in [1.807, 2.05) is 0 Å². The fourth-order valence-corrected chi connectivity index (χ4v) is 2.28. The maximum Gasteiger partial charge on any atom is 0.0884 e. The van der Waals surface area contributed by atoms with Gasteiger partial charge in [0, 0.05) is 19.4 Å². The van der Waals surface area contributed by atoms with Crippen molar-refractivity contribution in [2.45, 2.75) is 49.9 Å². The predicted octanol–water partition coefficient (Wildman–Crippen LogP) is -0.293.